The van der Waals surface area contributed by atoms with E-state index in [0.29, 0.717) is 13.1 Å². The van der Waals surface area contributed by atoms with Gasteiger partial charge in [-0.15, -0.1) is 0 Å². The van der Waals surface area contributed by atoms with E-state index >= 15 is 0 Å². The van der Waals surface area contributed by atoms with Crippen molar-refractivity contribution in [2.24, 2.45) is 5.73 Å². The summed E-state index contributed by atoms with van der Waals surface area (Å²) in [5.74, 6) is 0. The van der Waals surface area contributed by atoms with Crippen molar-refractivity contribution in [3.05, 3.63) is 47.5 Å². The highest BCUT2D eigenvalue weighted by molar-refractivity contribution is 5.18. The Kier molecular flexibility index (Phi) is 2.78. The van der Waals surface area contributed by atoms with Gasteiger partial charge >= 0.3 is 0 Å². The summed E-state index contributed by atoms with van der Waals surface area (Å²) in [6, 6.07) is 3.99. The molecule has 2 aromatic rings. The van der Waals surface area contributed by atoms with E-state index in [9.17, 15) is 0 Å². The van der Waals surface area contributed by atoms with Gasteiger partial charge in [0.05, 0.1) is 18.4 Å². The molecule has 2 rings (SSSR count). The molecule has 0 aromatic carbocycles. The summed E-state index contributed by atoms with van der Waals surface area (Å²) >= 11 is 0. The lowest BCUT2D eigenvalue weighted by molar-refractivity contribution is 0.668. The summed E-state index contributed by atoms with van der Waals surface area (Å²) in [7, 11) is 0. The minimum Gasteiger partial charge on any atom is -0.326 e. The molecule has 0 unspecified atom stereocenters. The Hall–Kier alpha value is -1.68. The molecule has 2 aromatic heterocycles. The van der Waals surface area contributed by atoms with Crippen LogP contribution in [0.4, 0.5) is 0 Å². The molecule has 15 heavy (non-hydrogen) atoms. The van der Waals surface area contributed by atoms with Gasteiger partial charge in [0.1, 0.15) is 0 Å². The van der Waals surface area contributed by atoms with Gasteiger partial charge in [-0.2, -0.15) is 5.10 Å². The smallest absolute Gasteiger partial charge is 0.0834 e. The number of hydrogen-bond acceptors (Lipinski definition) is 3. The lowest BCUT2D eigenvalue weighted by Crippen LogP contribution is -2.04. The maximum absolute atomic E-state index is 5.52. The molecule has 0 radical (unpaired) electrons. The van der Waals surface area contributed by atoms with E-state index in [1.165, 1.54) is 5.56 Å². The lowest BCUT2D eigenvalue weighted by Gasteiger charge is -2.03. The third-order valence-electron chi connectivity index (χ3n) is 2.35. The molecule has 0 aliphatic heterocycles. The highest BCUT2D eigenvalue weighted by atomic mass is 15.3. The van der Waals surface area contributed by atoms with Crippen LogP contribution in [-0.4, -0.2) is 14.8 Å². The minimum atomic E-state index is 0.529. The molecule has 0 saturated carbocycles. The maximum atomic E-state index is 5.52. The largest absolute Gasteiger partial charge is 0.326 e. The Morgan fingerprint density at radius 1 is 1.47 bits per heavy atom. The van der Waals surface area contributed by atoms with Crippen LogP contribution in [0.2, 0.25) is 0 Å². The van der Waals surface area contributed by atoms with E-state index in [0.717, 1.165) is 11.3 Å². The molecule has 0 fully saturated rings. The van der Waals surface area contributed by atoms with Gasteiger partial charge in [0, 0.05) is 24.5 Å². The number of rotatable bonds is 3. The summed E-state index contributed by atoms with van der Waals surface area (Å²) in [5, 5.41) is 4.22. The van der Waals surface area contributed by atoms with Crippen molar-refractivity contribution in [2.75, 3.05) is 0 Å². The molecular formula is C11H14N4. The summed E-state index contributed by atoms with van der Waals surface area (Å²) in [6.07, 6.45) is 5.54. The van der Waals surface area contributed by atoms with Crippen LogP contribution in [0.1, 0.15) is 16.8 Å². The highest BCUT2D eigenvalue weighted by Gasteiger charge is 2.01. The Bertz CT molecular complexity index is 447. The molecule has 0 bridgehead atoms. The molecule has 0 saturated heterocycles. The summed E-state index contributed by atoms with van der Waals surface area (Å²) < 4.78 is 1.86. The Morgan fingerprint density at radius 3 is 3.00 bits per heavy atom. The number of nitrogens with two attached hydrogens (primary N) is 1. The minimum absolute atomic E-state index is 0.529. The number of aryl methyl sites for hydroxylation is 1. The second-order valence-electron chi connectivity index (χ2n) is 3.52. The van der Waals surface area contributed by atoms with E-state index in [1.807, 2.05) is 16.9 Å². The zero-order valence-corrected chi connectivity index (χ0v) is 8.72. The van der Waals surface area contributed by atoms with Crippen LogP contribution in [0.25, 0.3) is 0 Å². The lowest BCUT2D eigenvalue weighted by atomic mass is 10.2. The van der Waals surface area contributed by atoms with Crippen LogP contribution >= 0.6 is 0 Å². The van der Waals surface area contributed by atoms with Crippen molar-refractivity contribution in [3.8, 4) is 0 Å². The molecular weight excluding hydrogens is 188 g/mol. The van der Waals surface area contributed by atoms with Crippen LogP contribution < -0.4 is 5.73 Å². The average molecular weight is 202 g/mol. The van der Waals surface area contributed by atoms with Crippen molar-refractivity contribution in [3.63, 3.8) is 0 Å². The molecule has 0 atom stereocenters. The van der Waals surface area contributed by atoms with Crippen molar-refractivity contribution in [1.82, 2.24) is 14.8 Å². The van der Waals surface area contributed by atoms with Gasteiger partial charge in [0.2, 0.25) is 0 Å². The zero-order chi connectivity index (χ0) is 10.7. The fourth-order valence-corrected chi connectivity index (χ4v) is 1.44. The normalized spacial score (nSPS) is 10.5. The maximum Gasteiger partial charge on any atom is 0.0834 e. The van der Waals surface area contributed by atoms with Gasteiger partial charge in [-0.05, 0) is 18.6 Å². The topological polar surface area (TPSA) is 56.7 Å². The second kappa shape index (κ2) is 4.23. The zero-order valence-electron chi connectivity index (χ0n) is 8.72. The van der Waals surface area contributed by atoms with E-state index < -0.39 is 0 Å². The molecule has 0 amide bonds. The molecule has 2 heterocycles. The summed E-state index contributed by atoms with van der Waals surface area (Å²) in [4.78, 5) is 4.32. The first-order valence-electron chi connectivity index (χ1n) is 4.91. The van der Waals surface area contributed by atoms with Gasteiger partial charge in [-0.25, -0.2) is 0 Å². The third kappa shape index (κ3) is 2.22. The first kappa shape index (κ1) is 9.86. The molecule has 0 spiro atoms. The van der Waals surface area contributed by atoms with Gasteiger partial charge < -0.3 is 5.73 Å². The highest BCUT2D eigenvalue weighted by Crippen LogP contribution is 2.06. The van der Waals surface area contributed by atoms with Gasteiger partial charge in [-0.1, -0.05) is 6.07 Å². The Morgan fingerprint density at radius 2 is 2.33 bits per heavy atom. The van der Waals surface area contributed by atoms with Crippen molar-refractivity contribution in [1.29, 1.82) is 0 Å². The van der Waals surface area contributed by atoms with Gasteiger partial charge in [0.15, 0.2) is 0 Å². The number of aromatic nitrogens is 3. The third-order valence-corrected chi connectivity index (χ3v) is 2.35. The quantitative estimate of drug-likeness (QED) is 0.810. The number of pyridine rings is 1. The molecule has 4 nitrogen and oxygen atoms in total. The van der Waals surface area contributed by atoms with E-state index in [1.54, 1.807) is 12.4 Å². The standard InChI is InChI=1S/C11H14N4/c1-9-3-2-4-13-11(9)8-15-7-10(5-12)6-14-15/h2-4,6-7H,5,8,12H2,1H3. The van der Waals surface area contributed by atoms with Crippen LogP contribution in [0.5, 0.6) is 0 Å². The molecule has 4 heteroatoms. The molecule has 2 N–H and O–H groups in total. The summed E-state index contributed by atoms with van der Waals surface area (Å²) in [6.45, 7) is 3.28. The van der Waals surface area contributed by atoms with Crippen LogP contribution in [0, 0.1) is 6.92 Å². The molecule has 0 aliphatic carbocycles. The van der Waals surface area contributed by atoms with Crippen LogP contribution in [0.15, 0.2) is 30.7 Å². The van der Waals surface area contributed by atoms with E-state index in [-0.39, 0.29) is 0 Å². The predicted octanol–water partition coefficient (Wildman–Crippen LogP) is 1.09. The van der Waals surface area contributed by atoms with Crippen molar-refractivity contribution in [2.45, 2.75) is 20.0 Å². The Labute approximate surface area is 88.8 Å². The van der Waals surface area contributed by atoms with Crippen LogP contribution in [-0.2, 0) is 13.1 Å². The average Bonchev–Trinajstić information content (AvgIpc) is 2.69. The SMILES string of the molecule is Cc1cccnc1Cn1cc(CN)cn1. The van der Waals surface area contributed by atoms with E-state index in [4.69, 9.17) is 5.73 Å². The van der Waals surface area contributed by atoms with Crippen molar-refractivity contribution < 1.29 is 0 Å². The molecule has 78 valence electrons. The first-order valence-corrected chi connectivity index (χ1v) is 4.91. The van der Waals surface area contributed by atoms with E-state index in [2.05, 4.69) is 23.1 Å². The van der Waals surface area contributed by atoms with Gasteiger partial charge in [0.25, 0.3) is 0 Å². The Balaban J connectivity index is 2.18. The predicted molar refractivity (Wildman–Crippen MR) is 58.2 cm³/mol. The molecule has 0 aliphatic rings. The second-order valence-corrected chi connectivity index (χ2v) is 3.52. The monoisotopic (exact) mass is 202 g/mol. The van der Waals surface area contributed by atoms with Crippen LogP contribution in [0.3, 0.4) is 0 Å². The number of nitrogens with zero attached hydrogens (tertiary/aromatic N) is 3. The number of hydrogen-bond donors (Lipinski definition) is 1. The first-order chi connectivity index (χ1) is 7.29. The summed E-state index contributed by atoms with van der Waals surface area (Å²) in [5.41, 5.74) is 8.79. The fraction of sp³-hybridized carbons (Fsp3) is 0.273. The van der Waals surface area contributed by atoms with Gasteiger partial charge in [-0.3, -0.25) is 9.67 Å². The fourth-order valence-electron chi connectivity index (χ4n) is 1.44. The van der Waals surface area contributed by atoms with Crippen molar-refractivity contribution >= 4 is 0 Å².